The maximum Gasteiger partial charge on any atom is 0.426 e. The van der Waals surface area contributed by atoms with E-state index in [2.05, 4.69) is 13.8 Å². The number of rotatable bonds is 7. The van der Waals surface area contributed by atoms with Crippen LogP contribution in [0.25, 0.3) is 0 Å². The zero-order valence-corrected chi connectivity index (χ0v) is 23.6. The van der Waals surface area contributed by atoms with E-state index in [1.165, 1.54) is 20.8 Å². The van der Waals surface area contributed by atoms with Crippen LogP contribution in [-0.2, 0) is 0 Å². The molecule has 0 bridgehead atoms. The Morgan fingerprint density at radius 3 is 1.84 bits per heavy atom. The van der Waals surface area contributed by atoms with Gasteiger partial charge in [0.1, 0.15) is 17.9 Å². The average Bonchev–Trinajstić information content (AvgIpc) is 2.92. The van der Waals surface area contributed by atoms with Crippen molar-refractivity contribution in [1.82, 2.24) is 13.7 Å². The van der Waals surface area contributed by atoms with Gasteiger partial charge in [0.2, 0.25) is 0 Å². The monoisotopic (exact) mass is 533 g/mol. The van der Waals surface area contributed by atoms with Gasteiger partial charge in [-0.15, -0.1) is 0 Å². The van der Waals surface area contributed by atoms with Gasteiger partial charge in [-0.2, -0.15) is 4.41 Å². The second kappa shape index (κ2) is 12.6. The standard InChI is InChI=1S/C30H35N3O4S/c1-7-22(2)25-20-14-15-21-26(25)37-29(36)31(6)38-33(28(35)24-18-12-9-13-19-24)32(30(3,4)5)27(34)23-16-10-8-11-17-23/h8-22H,7H2,1-6H3. The predicted molar refractivity (Wildman–Crippen MR) is 152 cm³/mol. The fourth-order valence-electron chi connectivity index (χ4n) is 3.73. The zero-order chi connectivity index (χ0) is 27.9. The van der Waals surface area contributed by atoms with Crippen LogP contribution in [0.4, 0.5) is 4.79 Å². The van der Waals surface area contributed by atoms with Crippen molar-refractivity contribution >= 4 is 30.0 Å². The van der Waals surface area contributed by atoms with Gasteiger partial charge in [-0.05, 0) is 69.0 Å². The number of hydrogen-bond acceptors (Lipinski definition) is 5. The molecule has 0 aliphatic heterocycles. The van der Waals surface area contributed by atoms with Gasteiger partial charge in [0.15, 0.2) is 0 Å². The number of benzene rings is 3. The van der Waals surface area contributed by atoms with E-state index in [0.717, 1.165) is 24.1 Å². The quantitative estimate of drug-likeness (QED) is 0.237. The second-order valence-electron chi connectivity index (χ2n) is 9.89. The molecule has 8 heteroatoms. The average molecular weight is 534 g/mol. The summed E-state index contributed by atoms with van der Waals surface area (Å²) in [6.07, 6.45) is 0.221. The summed E-state index contributed by atoms with van der Waals surface area (Å²) in [5.41, 5.74) is 0.910. The first kappa shape index (κ1) is 28.8. The molecule has 0 radical (unpaired) electrons. The highest BCUT2D eigenvalue weighted by molar-refractivity contribution is 7.95. The molecule has 0 saturated heterocycles. The first-order valence-electron chi connectivity index (χ1n) is 12.6. The Balaban J connectivity index is 1.97. The lowest BCUT2D eigenvalue weighted by molar-refractivity contribution is -0.00126. The molecule has 3 rings (SSSR count). The minimum Gasteiger partial charge on any atom is -0.409 e. The molecule has 200 valence electrons. The van der Waals surface area contributed by atoms with E-state index in [9.17, 15) is 14.4 Å². The van der Waals surface area contributed by atoms with Gasteiger partial charge >= 0.3 is 6.09 Å². The lowest BCUT2D eigenvalue weighted by Gasteiger charge is -2.42. The molecule has 3 amide bonds. The van der Waals surface area contributed by atoms with Crippen molar-refractivity contribution in [3.63, 3.8) is 0 Å². The Kier molecular flexibility index (Phi) is 9.58. The maximum absolute atomic E-state index is 13.8. The first-order chi connectivity index (χ1) is 18.0. The molecule has 0 spiro atoms. The van der Waals surface area contributed by atoms with Crippen LogP contribution < -0.4 is 4.74 Å². The Labute approximate surface area is 229 Å². The molecular weight excluding hydrogens is 498 g/mol. The smallest absolute Gasteiger partial charge is 0.409 e. The van der Waals surface area contributed by atoms with Crippen LogP contribution in [0.3, 0.4) is 0 Å². The maximum atomic E-state index is 13.8. The molecule has 0 aliphatic rings. The summed E-state index contributed by atoms with van der Waals surface area (Å²) in [5, 5.41) is 1.37. The molecule has 0 saturated carbocycles. The fourth-order valence-corrected chi connectivity index (χ4v) is 4.63. The third-order valence-electron chi connectivity index (χ3n) is 5.94. The Morgan fingerprint density at radius 2 is 1.32 bits per heavy atom. The summed E-state index contributed by atoms with van der Waals surface area (Å²) in [4.78, 5) is 40.8. The topological polar surface area (TPSA) is 70.2 Å². The highest BCUT2D eigenvalue weighted by atomic mass is 32.2. The summed E-state index contributed by atoms with van der Waals surface area (Å²) < 4.78 is 8.19. The molecule has 38 heavy (non-hydrogen) atoms. The molecule has 7 nitrogen and oxygen atoms in total. The van der Waals surface area contributed by atoms with Gasteiger partial charge in [-0.3, -0.25) is 9.59 Å². The van der Waals surface area contributed by atoms with Gasteiger partial charge in [0, 0.05) is 18.2 Å². The van der Waals surface area contributed by atoms with Gasteiger partial charge in [0.25, 0.3) is 11.8 Å². The number of para-hydroxylation sites is 1. The largest absolute Gasteiger partial charge is 0.426 e. The number of nitrogens with zero attached hydrogens (tertiary/aromatic N) is 3. The molecular formula is C30H35N3O4S. The lowest BCUT2D eigenvalue weighted by Crippen LogP contribution is -2.56. The van der Waals surface area contributed by atoms with Crippen molar-refractivity contribution in [3.8, 4) is 5.75 Å². The van der Waals surface area contributed by atoms with E-state index in [1.807, 2.05) is 51.1 Å². The van der Waals surface area contributed by atoms with Crippen LogP contribution in [0, 0.1) is 0 Å². The van der Waals surface area contributed by atoms with E-state index < -0.39 is 17.5 Å². The minimum absolute atomic E-state index is 0.202. The third-order valence-corrected chi connectivity index (χ3v) is 6.82. The van der Waals surface area contributed by atoms with Crippen LogP contribution in [0.2, 0.25) is 0 Å². The third kappa shape index (κ3) is 6.95. The molecule has 3 aromatic carbocycles. The fraction of sp³-hybridized carbons (Fsp3) is 0.300. The number of ether oxygens (including phenoxy) is 1. The SMILES string of the molecule is CCC(C)c1ccccc1OC(=O)N(C)SN(C(=O)c1ccccc1)N(C(=O)c1ccccc1)C(C)(C)C. The van der Waals surface area contributed by atoms with Gasteiger partial charge in [0.05, 0.1) is 5.54 Å². The van der Waals surface area contributed by atoms with Gasteiger partial charge in [-0.25, -0.2) is 14.1 Å². The molecule has 1 unspecified atom stereocenters. The van der Waals surface area contributed by atoms with E-state index in [-0.39, 0.29) is 11.8 Å². The summed E-state index contributed by atoms with van der Waals surface area (Å²) in [5.74, 6) is -0.158. The minimum atomic E-state index is -0.807. The van der Waals surface area contributed by atoms with Crippen LogP contribution in [0.15, 0.2) is 84.9 Å². The summed E-state index contributed by atoms with van der Waals surface area (Å²) in [7, 11) is 1.51. The normalized spacial score (nSPS) is 11.8. The summed E-state index contributed by atoms with van der Waals surface area (Å²) in [6.45, 7) is 9.64. The number of carbonyl (C=O) groups is 3. The highest BCUT2D eigenvalue weighted by Gasteiger charge is 2.38. The number of hydrogen-bond donors (Lipinski definition) is 0. The second-order valence-corrected chi connectivity index (χ2v) is 10.9. The van der Waals surface area contributed by atoms with Crippen LogP contribution in [0.5, 0.6) is 5.75 Å². The van der Waals surface area contributed by atoms with Crippen LogP contribution in [-0.4, -0.2) is 44.2 Å². The summed E-state index contributed by atoms with van der Waals surface area (Å²) >= 11 is 0.801. The Hall–Kier alpha value is -3.78. The van der Waals surface area contributed by atoms with E-state index in [0.29, 0.717) is 16.9 Å². The predicted octanol–water partition coefficient (Wildman–Crippen LogP) is 7.19. The Bertz CT molecular complexity index is 1250. The molecule has 0 aromatic heterocycles. The molecule has 1 atom stereocenters. The van der Waals surface area contributed by atoms with Crippen LogP contribution in [0.1, 0.15) is 73.2 Å². The molecule has 0 fully saturated rings. The van der Waals surface area contributed by atoms with Gasteiger partial charge in [-0.1, -0.05) is 68.4 Å². The number of amides is 3. The summed E-state index contributed by atoms with van der Waals surface area (Å²) in [6, 6.07) is 24.8. The van der Waals surface area contributed by atoms with Gasteiger partial charge < -0.3 is 4.74 Å². The van der Waals surface area contributed by atoms with Crippen molar-refractivity contribution in [1.29, 1.82) is 0 Å². The van der Waals surface area contributed by atoms with Crippen molar-refractivity contribution in [2.45, 2.75) is 52.5 Å². The van der Waals surface area contributed by atoms with E-state index in [1.54, 1.807) is 54.6 Å². The van der Waals surface area contributed by atoms with Crippen molar-refractivity contribution in [3.05, 3.63) is 102 Å². The lowest BCUT2D eigenvalue weighted by atomic mass is 9.98. The Morgan fingerprint density at radius 1 is 0.816 bits per heavy atom. The highest BCUT2D eigenvalue weighted by Crippen LogP contribution is 2.32. The van der Waals surface area contributed by atoms with Crippen molar-refractivity contribution < 1.29 is 19.1 Å². The van der Waals surface area contributed by atoms with Crippen molar-refractivity contribution in [2.75, 3.05) is 7.05 Å². The first-order valence-corrected chi connectivity index (χ1v) is 13.3. The number of carbonyl (C=O) groups excluding carboxylic acids is 3. The molecule has 0 N–H and O–H groups in total. The van der Waals surface area contributed by atoms with Crippen molar-refractivity contribution in [2.24, 2.45) is 0 Å². The number of hydrazine groups is 1. The zero-order valence-electron chi connectivity index (χ0n) is 22.8. The van der Waals surface area contributed by atoms with Crippen LogP contribution >= 0.6 is 12.1 Å². The van der Waals surface area contributed by atoms with E-state index >= 15 is 0 Å². The molecule has 0 aliphatic carbocycles. The molecule has 0 heterocycles. The van der Waals surface area contributed by atoms with E-state index in [4.69, 9.17) is 4.74 Å². The molecule has 3 aromatic rings.